The molecule has 0 unspecified atom stereocenters. The molecule has 0 aromatic heterocycles. The molecule has 0 radical (unpaired) electrons. The van der Waals surface area contributed by atoms with Crippen LogP contribution >= 0.6 is 0 Å². The number of rotatable bonds is 0. The second-order valence-corrected chi connectivity index (χ2v) is 4.50. The van der Waals surface area contributed by atoms with Crippen molar-refractivity contribution < 1.29 is 0 Å². The van der Waals surface area contributed by atoms with E-state index in [1.807, 2.05) is 0 Å². The van der Waals surface area contributed by atoms with Crippen molar-refractivity contribution in [3.05, 3.63) is 0 Å². The van der Waals surface area contributed by atoms with Crippen molar-refractivity contribution in [3.8, 4) is 0 Å². The van der Waals surface area contributed by atoms with Crippen LogP contribution in [-0.2, 0) is 0 Å². The maximum absolute atomic E-state index is 3.68. The van der Waals surface area contributed by atoms with Crippen LogP contribution in [0.4, 0.5) is 0 Å². The largest absolute Gasteiger partial charge is 0.310 e. The summed E-state index contributed by atoms with van der Waals surface area (Å²) in [4.78, 5) is 0. The van der Waals surface area contributed by atoms with Gasteiger partial charge in [0.2, 0.25) is 0 Å². The molecule has 2 aliphatic heterocycles. The van der Waals surface area contributed by atoms with Gasteiger partial charge in [-0.1, -0.05) is 0 Å². The van der Waals surface area contributed by atoms with Gasteiger partial charge in [0, 0.05) is 24.2 Å². The summed E-state index contributed by atoms with van der Waals surface area (Å²) in [6.07, 6.45) is 5.40. The van der Waals surface area contributed by atoms with Crippen LogP contribution in [0.2, 0.25) is 0 Å². The average molecular weight is 168 g/mol. The van der Waals surface area contributed by atoms with Crippen LogP contribution in [0.1, 0.15) is 39.5 Å². The highest BCUT2D eigenvalue weighted by Gasteiger charge is 2.31. The van der Waals surface area contributed by atoms with Crippen molar-refractivity contribution in [1.29, 1.82) is 0 Å². The van der Waals surface area contributed by atoms with Gasteiger partial charge in [0.15, 0.2) is 0 Å². The third-order valence-corrected chi connectivity index (χ3v) is 3.30. The van der Waals surface area contributed by atoms with Crippen LogP contribution in [0.5, 0.6) is 0 Å². The first-order valence-corrected chi connectivity index (χ1v) is 5.28. The van der Waals surface area contributed by atoms with Crippen molar-refractivity contribution in [3.63, 3.8) is 0 Å². The Hall–Kier alpha value is -0.0800. The quantitative estimate of drug-likeness (QED) is 0.569. The zero-order valence-electron chi connectivity index (χ0n) is 8.14. The molecule has 2 fully saturated rings. The van der Waals surface area contributed by atoms with E-state index >= 15 is 0 Å². The molecule has 0 aromatic carbocycles. The first-order chi connectivity index (χ1) is 5.75. The van der Waals surface area contributed by atoms with Crippen LogP contribution in [0.3, 0.4) is 0 Å². The number of hydrogen-bond donors (Lipinski definition) is 2. The summed E-state index contributed by atoms with van der Waals surface area (Å²) in [6, 6.07) is 2.98. The van der Waals surface area contributed by atoms with Crippen LogP contribution in [0, 0.1) is 0 Å². The Kier molecular flexibility index (Phi) is 2.37. The third-order valence-electron chi connectivity index (χ3n) is 3.30. The number of piperidine rings is 2. The molecule has 12 heavy (non-hydrogen) atoms. The highest BCUT2D eigenvalue weighted by Crippen LogP contribution is 2.22. The number of nitrogens with one attached hydrogen (secondary N) is 2. The van der Waals surface area contributed by atoms with Crippen molar-refractivity contribution in [2.75, 3.05) is 0 Å². The molecule has 2 heterocycles. The summed E-state index contributed by atoms with van der Waals surface area (Å²) in [7, 11) is 0. The Balaban J connectivity index is 1.94. The van der Waals surface area contributed by atoms with E-state index in [-0.39, 0.29) is 0 Å². The standard InChI is InChI=1S/C10H20N2/c1-7-3-5-10-9(11-7)6-4-8(2)12-10/h7-12H,3-6H2,1-2H3/t7-,8+,9+,10-. The van der Waals surface area contributed by atoms with E-state index in [4.69, 9.17) is 0 Å². The normalized spacial score (nSPS) is 48.5. The van der Waals surface area contributed by atoms with Gasteiger partial charge in [-0.05, 0) is 39.5 Å². The van der Waals surface area contributed by atoms with Gasteiger partial charge in [-0.3, -0.25) is 0 Å². The monoisotopic (exact) mass is 168 g/mol. The summed E-state index contributed by atoms with van der Waals surface area (Å²) in [5, 5.41) is 7.35. The van der Waals surface area contributed by atoms with Gasteiger partial charge in [-0.25, -0.2) is 0 Å². The molecular weight excluding hydrogens is 148 g/mol. The van der Waals surface area contributed by atoms with Gasteiger partial charge < -0.3 is 10.6 Å². The Morgan fingerprint density at radius 3 is 1.58 bits per heavy atom. The molecule has 2 N–H and O–H groups in total. The van der Waals surface area contributed by atoms with E-state index in [1.54, 1.807) is 0 Å². The fourth-order valence-corrected chi connectivity index (χ4v) is 2.56. The van der Waals surface area contributed by atoms with E-state index in [0.717, 1.165) is 24.2 Å². The maximum atomic E-state index is 3.68. The SMILES string of the molecule is C[C@@H]1CC[C@H]2N[C@@H](C)CC[C@@H]2N1. The number of fused-ring (bicyclic) bond motifs is 1. The fourth-order valence-electron chi connectivity index (χ4n) is 2.56. The van der Waals surface area contributed by atoms with E-state index < -0.39 is 0 Å². The summed E-state index contributed by atoms with van der Waals surface area (Å²) in [6.45, 7) is 4.60. The second kappa shape index (κ2) is 3.35. The van der Waals surface area contributed by atoms with Gasteiger partial charge in [0.05, 0.1) is 0 Å². The van der Waals surface area contributed by atoms with Gasteiger partial charge in [0.25, 0.3) is 0 Å². The maximum Gasteiger partial charge on any atom is 0.0224 e. The molecule has 4 atom stereocenters. The molecule has 2 rings (SSSR count). The molecule has 0 aromatic rings. The Morgan fingerprint density at radius 2 is 1.17 bits per heavy atom. The Bertz CT molecular complexity index is 140. The Morgan fingerprint density at radius 1 is 0.750 bits per heavy atom. The molecule has 2 nitrogen and oxygen atoms in total. The predicted octanol–water partition coefficient (Wildman–Crippen LogP) is 1.27. The zero-order valence-corrected chi connectivity index (χ0v) is 8.14. The van der Waals surface area contributed by atoms with Gasteiger partial charge in [-0.15, -0.1) is 0 Å². The predicted molar refractivity (Wildman–Crippen MR) is 51.2 cm³/mol. The van der Waals surface area contributed by atoms with Crippen LogP contribution < -0.4 is 10.6 Å². The average Bonchev–Trinajstić information content (AvgIpc) is 2.05. The molecule has 0 amide bonds. The first-order valence-electron chi connectivity index (χ1n) is 5.28. The number of hydrogen-bond acceptors (Lipinski definition) is 2. The van der Waals surface area contributed by atoms with Crippen LogP contribution in [0.25, 0.3) is 0 Å². The Labute approximate surface area is 75.1 Å². The van der Waals surface area contributed by atoms with Crippen LogP contribution in [-0.4, -0.2) is 24.2 Å². The van der Waals surface area contributed by atoms with Gasteiger partial charge in [-0.2, -0.15) is 0 Å². The first kappa shape index (κ1) is 8.52. The second-order valence-electron chi connectivity index (χ2n) is 4.50. The molecule has 70 valence electrons. The van der Waals surface area contributed by atoms with Crippen molar-refractivity contribution in [1.82, 2.24) is 10.6 Å². The van der Waals surface area contributed by atoms with Gasteiger partial charge >= 0.3 is 0 Å². The minimum Gasteiger partial charge on any atom is -0.310 e. The minimum absolute atomic E-state index is 0.737. The molecule has 2 heteroatoms. The van der Waals surface area contributed by atoms with E-state index in [2.05, 4.69) is 24.5 Å². The molecule has 0 spiro atoms. The smallest absolute Gasteiger partial charge is 0.0224 e. The topological polar surface area (TPSA) is 24.1 Å². The third kappa shape index (κ3) is 1.64. The lowest BCUT2D eigenvalue weighted by Gasteiger charge is -2.42. The highest BCUT2D eigenvalue weighted by atomic mass is 15.1. The van der Waals surface area contributed by atoms with E-state index in [9.17, 15) is 0 Å². The lowest BCUT2D eigenvalue weighted by atomic mass is 9.86. The van der Waals surface area contributed by atoms with Crippen molar-refractivity contribution >= 4 is 0 Å². The lowest BCUT2D eigenvalue weighted by Crippen LogP contribution is -2.59. The van der Waals surface area contributed by atoms with Crippen LogP contribution in [0.15, 0.2) is 0 Å². The molecule has 0 saturated carbocycles. The summed E-state index contributed by atoms with van der Waals surface area (Å²) >= 11 is 0. The van der Waals surface area contributed by atoms with E-state index in [0.29, 0.717) is 0 Å². The zero-order chi connectivity index (χ0) is 8.55. The fraction of sp³-hybridized carbons (Fsp3) is 1.00. The molecule has 0 aliphatic carbocycles. The van der Waals surface area contributed by atoms with Crippen molar-refractivity contribution in [2.45, 2.75) is 63.7 Å². The molecule has 2 aliphatic rings. The van der Waals surface area contributed by atoms with Crippen molar-refractivity contribution in [2.24, 2.45) is 0 Å². The van der Waals surface area contributed by atoms with E-state index in [1.165, 1.54) is 25.7 Å². The summed E-state index contributed by atoms with van der Waals surface area (Å²) < 4.78 is 0. The molecular formula is C10H20N2. The minimum atomic E-state index is 0.737. The lowest BCUT2D eigenvalue weighted by molar-refractivity contribution is 0.192. The summed E-state index contributed by atoms with van der Waals surface area (Å²) in [5.41, 5.74) is 0. The molecule has 0 bridgehead atoms. The van der Waals surface area contributed by atoms with Gasteiger partial charge in [0.1, 0.15) is 0 Å². The highest BCUT2D eigenvalue weighted by molar-refractivity contribution is 4.94. The summed E-state index contributed by atoms with van der Waals surface area (Å²) in [5.74, 6) is 0. The molecule has 2 saturated heterocycles.